The van der Waals surface area contributed by atoms with Crippen molar-refractivity contribution in [3.63, 3.8) is 0 Å². The Balaban J connectivity index is 0.000000795. The zero-order valence-corrected chi connectivity index (χ0v) is 90.6. The summed E-state index contributed by atoms with van der Waals surface area (Å²) in [4.78, 5) is 52.9. The minimum atomic E-state index is -3.27. The molecule has 2 amide bonds. The lowest BCUT2D eigenvalue weighted by Crippen LogP contribution is -2.52. The summed E-state index contributed by atoms with van der Waals surface area (Å²) in [6, 6.07) is 27.2. The maximum Gasteiger partial charge on any atom is 0.407 e. The van der Waals surface area contributed by atoms with E-state index in [9.17, 15) is 27.6 Å². The molecule has 5 N–H and O–H groups in total. The number of anilines is 2. The van der Waals surface area contributed by atoms with Crippen LogP contribution in [0.1, 0.15) is 307 Å². The molecule has 2 heterocycles. The number of benzene rings is 6. The number of hydrogen-bond donors (Lipinski definition) is 4. The molecule has 740 valence electrons. The summed E-state index contributed by atoms with van der Waals surface area (Å²) < 4.78 is 30.1. The summed E-state index contributed by atoms with van der Waals surface area (Å²) in [5.41, 5.74) is 15.7. The van der Waals surface area contributed by atoms with Gasteiger partial charge in [-0.05, 0) is 235 Å². The average Bonchev–Trinajstić information content (AvgIpc) is 1.55. The Bertz CT molecular complexity index is 4700. The Kier molecular flexibility index (Phi) is 72.0. The number of nitrogens with two attached hydrogens (primary N) is 1. The lowest BCUT2D eigenvalue weighted by Gasteiger charge is -2.39. The van der Waals surface area contributed by atoms with Gasteiger partial charge in [0, 0.05) is 140 Å². The van der Waals surface area contributed by atoms with Gasteiger partial charge in [-0.3, -0.25) is 23.5 Å². The van der Waals surface area contributed by atoms with Crippen LogP contribution in [-0.2, 0) is 68.0 Å². The van der Waals surface area contributed by atoms with Crippen LogP contribution in [0.4, 0.5) is 16.2 Å². The number of alkyl carbamates (subject to hydrolysis) is 1. The van der Waals surface area contributed by atoms with Crippen molar-refractivity contribution in [2.24, 2.45) is 5.73 Å². The lowest BCUT2D eigenvalue weighted by molar-refractivity contribution is -0.122. The number of ether oxygens (including phenoxy) is 1. The van der Waals surface area contributed by atoms with E-state index in [0.29, 0.717) is 110 Å². The molecule has 1 aliphatic carbocycles. The van der Waals surface area contributed by atoms with Crippen LogP contribution in [0.3, 0.4) is 0 Å². The Hall–Kier alpha value is -5.52. The van der Waals surface area contributed by atoms with Crippen molar-refractivity contribution in [3.05, 3.63) is 191 Å². The van der Waals surface area contributed by atoms with Crippen LogP contribution >= 0.6 is 144 Å². The van der Waals surface area contributed by atoms with E-state index in [-0.39, 0.29) is 37.9 Å². The second-order valence-corrected chi connectivity index (χ2v) is 40.2. The highest BCUT2D eigenvalue weighted by Crippen LogP contribution is 2.42. The van der Waals surface area contributed by atoms with Gasteiger partial charge in [0.25, 0.3) is 10.1 Å². The molecule has 28 heteroatoms. The minimum Gasteiger partial charge on any atom is -0.444 e. The largest absolute Gasteiger partial charge is 0.444 e. The van der Waals surface area contributed by atoms with Crippen molar-refractivity contribution in [2.75, 3.05) is 67.1 Å². The van der Waals surface area contributed by atoms with Gasteiger partial charge in [-0.2, -0.15) is 8.42 Å². The quantitative estimate of drug-likeness (QED) is 0.00926. The molecular weight excluding hydrogens is 2000 g/mol. The first-order chi connectivity index (χ1) is 64.1. The number of aliphatic hydroxyl groups excluding tert-OH is 2. The molecule has 1 atom stereocenters. The van der Waals surface area contributed by atoms with Crippen molar-refractivity contribution >= 4 is 190 Å². The maximum atomic E-state index is 13.8. The van der Waals surface area contributed by atoms with Gasteiger partial charge in [0.1, 0.15) is 5.60 Å². The molecule has 0 spiro atoms. The number of carbonyl (C=O) groups is 4. The van der Waals surface area contributed by atoms with Crippen molar-refractivity contribution in [1.29, 1.82) is 0 Å². The Morgan fingerprint density at radius 1 is 0.537 bits per heavy atom. The summed E-state index contributed by atoms with van der Waals surface area (Å²) >= 11 is 67.0. The number of nitrogens with one attached hydrogen (secondary N) is 1. The molecule has 0 unspecified atom stereocenters. The fraction of sp³-hybridized carbons (Fsp3) is 0.528. The first-order valence-electron chi connectivity index (χ1n) is 46.4. The van der Waals surface area contributed by atoms with E-state index in [1.165, 1.54) is 108 Å². The first kappa shape index (κ1) is 126. The van der Waals surface area contributed by atoms with Gasteiger partial charge < -0.3 is 35.8 Å². The molecule has 6 aromatic carbocycles. The number of alkyl halides is 1. The van der Waals surface area contributed by atoms with E-state index in [1.54, 1.807) is 30.3 Å². The molecule has 0 bridgehead atoms. The number of carbonyl (C=O) groups excluding carboxylic acids is 4. The summed E-state index contributed by atoms with van der Waals surface area (Å²) in [5, 5.41) is 27.0. The minimum absolute atomic E-state index is 0.0608. The Labute approximate surface area is 867 Å². The number of fused-ring (bicyclic) bond motifs is 1. The Morgan fingerprint density at radius 2 is 0.963 bits per heavy atom. The fourth-order valence-electron chi connectivity index (χ4n) is 12.9. The highest BCUT2D eigenvalue weighted by Gasteiger charge is 2.40. The van der Waals surface area contributed by atoms with Gasteiger partial charge in [-0.15, -0.1) is 61.1 Å². The van der Waals surface area contributed by atoms with Gasteiger partial charge >= 0.3 is 6.09 Å². The molecule has 134 heavy (non-hydrogen) atoms. The average molecular weight is 2140 g/mol. The molecule has 3 aliphatic rings. The highest BCUT2D eigenvalue weighted by molar-refractivity contribution is 9.08. The molecule has 2 aliphatic heterocycles. The number of aldehydes is 2. The first-order valence-corrected chi connectivity index (χ1v) is 54.3. The van der Waals surface area contributed by atoms with Gasteiger partial charge in [0.05, 0.1) is 52.0 Å². The van der Waals surface area contributed by atoms with Crippen LogP contribution in [0.25, 0.3) is 0 Å². The number of terminal acetylenes is 4. The predicted octanol–water partition coefficient (Wildman–Crippen LogP) is 30.0. The number of amides is 2. The number of aliphatic hydroxyl groups is 2. The molecule has 2 fully saturated rings. The standard InChI is InChI=1S/C28H35Cl2N3OS.C13H17BrCl2.C13H18Cl2O.C13H16Cl2O.C13H12Cl2O.C10H17NO2.C6H10O3S.C5H9N.C5H8O/c1-2-3-4-5-8-20-15-24(30)21(16-23(20)29)17-31-19-35-18-27(31)28(34)33-14-13-32(22-11-12-22)25-9-6-7-10-26(25)33;1-2-3-4-5-6-10-7-13(16)11(9-14)8-12(10)15;3*1-2-3-4-5-6-10-7-13(15)11(9-16)8-12(10)14;1-5-6-7-8-11-9(12)13-10(2,3)4;1-3-4-5-6-9-10(2,7)8;2*1-2-3-4-5-6/h6-7,9-10,15-16,22,27H,2-5,8,11-14,17-19H2,1H3;7-8H,2-6,9H2,1H3;7-8,16H,2-6,9H2,1H3;7-9H,2-6H2,1H3;7-9H,2-4H2,1H3;1H,6-8H2,2-4H3,(H,11,12);1H,4-6H2,2H3;1H,3-6H2;1,6H,3-5H2/t27-;;;;;;;;/m0......../s1. The van der Waals surface area contributed by atoms with E-state index in [1.807, 2.05) is 73.8 Å². The van der Waals surface area contributed by atoms with Crippen LogP contribution in [0.2, 0.25) is 50.2 Å². The van der Waals surface area contributed by atoms with E-state index in [0.717, 1.165) is 186 Å². The summed E-state index contributed by atoms with van der Waals surface area (Å²) in [7, 11) is -3.27. The van der Waals surface area contributed by atoms with Crippen LogP contribution in [0.15, 0.2) is 84.9 Å². The molecular formula is C106H142BrCl10N5O10S2. The molecule has 0 radical (unpaired) electrons. The van der Waals surface area contributed by atoms with Crippen LogP contribution < -0.4 is 20.9 Å². The Morgan fingerprint density at radius 3 is 1.40 bits per heavy atom. The monoisotopic (exact) mass is 2140 g/mol. The third kappa shape index (κ3) is 55.5. The van der Waals surface area contributed by atoms with Gasteiger partial charge in [0.15, 0.2) is 12.6 Å². The highest BCUT2D eigenvalue weighted by atomic mass is 79.9. The van der Waals surface area contributed by atoms with E-state index < -0.39 is 15.7 Å². The van der Waals surface area contributed by atoms with Crippen molar-refractivity contribution in [2.45, 2.75) is 303 Å². The number of thioether (sulfide) groups is 1. The third-order valence-corrected chi connectivity index (χ3v) is 26.1. The van der Waals surface area contributed by atoms with E-state index in [2.05, 4.69) is 124 Å². The van der Waals surface area contributed by atoms with Crippen molar-refractivity contribution in [1.82, 2.24) is 10.2 Å². The van der Waals surface area contributed by atoms with E-state index in [4.69, 9.17) is 162 Å². The lowest BCUT2D eigenvalue weighted by atomic mass is 10.0. The summed E-state index contributed by atoms with van der Waals surface area (Å²) in [6.45, 7) is 20.3. The number of hydrogen-bond acceptors (Lipinski definition) is 14. The van der Waals surface area contributed by atoms with Gasteiger partial charge in [0.2, 0.25) is 5.91 Å². The van der Waals surface area contributed by atoms with Crippen LogP contribution in [0.5, 0.6) is 0 Å². The normalized spacial score (nSPS) is 12.7. The third-order valence-electron chi connectivity index (χ3n) is 20.4. The summed E-state index contributed by atoms with van der Waals surface area (Å²) in [6.07, 6.45) is 56.5. The number of rotatable bonds is 41. The second-order valence-electron chi connectivity index (χ2n) is 33.0. The number of halogens is 11. The number of unbranched alkanes of at least 4 members (excludes halogenated alkanes) is 18. The zero-order chi connectivity index (χ0) is 100. The fourth-order valence-corrected chi connectivity index (χ4v) is 17.7. The van der Waals surface area contributed by atoms with Gasteiger partial charge in [-0.1, -0.05) is 274 Å². The molecule has 0 aromatic heterocycles. The molecule has 15 nitrogen and oxygen atoms in total. The number of aryl methyl sites for hydroxylation is 4. The maximum absolute atomic E-state index is 13.8. The SMILES string of the molecule is C#CCCCN.C#CCCCNC(=O)OC(C)(C)C.C#CCCCO.C#CCCCOS(C)(=O)=O.CCCCC#Cc1cc(Cl)c(C=O)cc1Cl.CCCCCCc1cc(Cl)c(C=O)cc1Cl.CCCCCCc1cc(Cl)c(CBr)cc1Cl.CCCCCCc1cc(Cl)c(CN2CSC[C@H]2C(=O)N2CCN(C3CC3)c3ccccc32)cc1Cl.CCCCCCc1cc(Cl)c(CO)cc1Cl. The number of para-hydroxylation sites is 2. The molecule has 9 rings (SSSR count). The van der Waals surface area contributed by atoms with Crippen molar-refractivity contribution < 1.29 is 46.7 Å². The topological polar surface area (TPSA) is 209 Å². The predicted molar refractivity (Wildman–Crippen MR) is 579 cm³/mol. The van der Waals surface area contributed by atoms with Gasteiger partial charge in [-0.25, -0.2) is 4.79 Å². The second kappa shape index (κ2) is 76.3. The zero-order valence-electron chi connectivity index (χ0n) is 79.9. The molecule has 6 aromatic rings. The van der Waals surface area contributed by atoms with E-state index >= 15 is 0 Å². The smallest absolute Gasteiger partial charge is 0.407 e. The summed E-state index contributed by atoms with van der Waals surface area (Å²) in [5.74, 6) is 17.6. The number of nitrogens with zero attached hydrogens (tertiary/aromatic N) is 3. The van der Waals surface area contributed by atoms with Crippen LogP contribution in [-0.4, -0.2) is 123 Å². The van der Waals surface area contributed by atoms with Crippen molar-refractivity contribution in [3.8, 4) is 61.2 Å². The molecule has 1 saturated heterocycles. The molecule has 1 saturated carbocycles. The van der Waals surface area contributed by atoms with Crippen LogP contribution in [0, 0.1) is 61.2 Å².